The fraction of sp³-hybridized carbons (Fsp3) is 0.538. The molecule has 0 aromatic heterocycles. The van der Waals surface area contributed by atoms with Gasteiger partial charge in [0.05, 0.1) is 0 Å². The van der Waals surface area contributed by atoms with Crippen molar-refractivity contribution >= 4 is 15.9 Å². The highest BCUT2D eigenvalue weighted by atomic mass is 79.9. The lowest BCUT2D eigenvalue weighted by Crippen LogP contribution is -1.77. The van der Waals surface area contributed by atoms with E-state index in [0.29, 0.717) is 0 Å². The van der Waals surface area contributed by atoms with Gasteiger partial charge in [0.15, 0.2) is 0 Å². The molecular weight excluding hydrogens is 236 g/mol. The molecule has 0 aromatic carbocycles. The van der Waals surface area contributed by atoms with Gasteiger partial charge in [-0.3, -0.25) is 0 Å². The van der Waals surface area contributed by atoms with Crippen molar-refractivity contribution in [3.05, 3.63) is 36.5 Å². The highest BCUT2D eigenvalue weighted by molar-refractivity contribution is 9.09. The molecule has 0 heterocycles. The highest BCUT2D eigenvalue weighted by Crippen LogP contribution is 2.04. The monoisotopic (exact) mass is 256 g/mol. The lowest BCUT2D eigenvalue weighted by Gasteiger charge is -1.94. The molecule has 0 atom stereocenters. The number of hydrogen-bond acceptors (Lipinski definition) is 0. The number of halogens is 1. The maximum absolute atomic E-state index is 3.44. The van der Waals surface area contributed by atoms with Crippen LogP contribution >= 0.6 is 15.9 Å². The predicted molar refractivity (Wildman–Crippen MR) is 70.0 cm³/mol. The lowest BCUT2D eigenvalue weighted by molar-refractivity contribution is 0.679. The van der Waals surface area contributed by atoms with Crippen molar-refractivity contribution in [1.29, 1.82) is 0 Å². The van der Waals surface area contributed by atoms with E-state index in [9.17, 15) is 0 Å². The first kappa shape index (κ1) is 13.7. The minimum absolute atomic E-state index is 1.15. The van der Waals surface area contributed by atoms with Gasteiger partial charge in [-0.05, 0) is 26.2 Å². The zero-order valence-corrected chi connectivity index (χ0v) is 10.7. The Hall–Kier alpha value is -0.300. The Kier molecular flexibility index (Phi) is 12.4. The SMILES string of the molecule is CC=CC=CC=CCCCCCCBr. The van der Waals surface area contributed by atoms with Crippen molar-refractivity contribution in [2.75, 3.05) is 5.33 Å². The Morgan fingerprint density at radius 2 is 1.57 bits per heavy atom. The second-order valence-electron chi connectivity index (χ2n) is 3.23. The van der Waals surface area contributed by atoms with Crippen molar-refractivity contribution < 1.29 is 0 Å². The first-order chi connectivity index (χ1) is 6.91. The summed E-state index contributed by atoms with van der Waals surface area (Å²) in [5.74, 6) is 0. The van der Waals surface area contributed by atoms with Gasteiger partial charge in [-0.1, -0.05) is 65.2 Å². The van der Waals surface area contributed by atoms with Crippen molar-refractivity contribution in [2.45, 2.75) is 39.0 Å². The van der Waals surface area contributed by atoms with E-state index in [0.717, 1.165) is 5.33 Å². The van der Waals surface area contributed by atoms with E-state index in [1.54, 1.807) is 0 Å². The second-order valence-corrected chi connectivity index (χ2v) is 4.02. The molecule has 0 aliphatic carbocycles. The summed E-state index contributed by atoms with van der Waals surface area (Å²) in [6.07, 6.45) is 19.1. The fourth-order valence-corrected chi connectivity index (χ4v) is 1.52. The number of hydrogen-bond donors (Lipinski definition) is 0. The molecule has 0 aromatic rings. The van der Waals surface area contributed by atoms with Crippen molar-refractivity contribution in [2.24, 2.45) is 0 Å². The summed E-state index contributed by atoms with van der Waals surface area (Å²) < 4.78 is 0. The van der Waals surface area contributed by atoms with Crippen LogP contribution in [-0.2, 0) is 0 Å². The molecule has 0 fully saturated rings. The number of unbranched alkanes of at least 4 members (excludes halogenated alkanes) is 4. The van der Waals surface area contributed by atoms with Crippen LogP contribution in [0.4, 0.5) is 0 Å². The van der Waals surface area contributed by atoms with E-state index in [1.807, 2.05) is 19.1 Å². The maximum atomic E-state index is 3.44. The summed E-state index contributed by atoms with van der Waals surface area (Å²) in [5.41, 5.74) is 0. The maximum Gasteiger partial charge on any atom is 0.00313 e. The molecule has 1 heteroatoms. The Morgan fingerprint density at radius 3 is 2.29 bits per heavy atom. The summed E-state index contributed by atoms with van der Waals surface area (Å²) in [7, 11) is 0. The van der Waals surface area contributed by atoms with Crippen molar-refractivity contribution in [3.63, 3.8) is 0 Å². The standard InChI is InChI=1S/C13H21Br/c1-2-3-4-5-6-7-8-9-10-11-12-13-14/h2-7H,8-13H2,1H3. The minimum atomic E-state index is 1.15. The third-order valence-corrected chi connectivity index (χ3v) is 2.48. The molecule has 0 bridgehead atoms. The zero-order valence-electron chi connectivity index (χ0n) is 9.08. The first-order valence-electron chi connectivity index (χ1n) is 5.42. The molecule has 0 unspecified atom stereocenters. The van der Waals surface area contributed by atoms with Crippen molar-refractivity contribution in [3.8, 4) is 0 Å². The minimum Gasteiger partial charge on any atom is -0.0928 e. The van der Waals surface area contributed by atoms with Crippen LogP contribution in [0.25, 0.3) is 0 Å². The largest absolute Gasteiger partial charge is 0.0928 e. The quantitative estimate of drug-likeness (QED) is 0.325. The first-order valence-corrected chi connectivity index (χ1v) is 6.54. The summed E-state index contributed by atoms with van der Waals surface area (Å²) in [6, 6.07) is 0. The van der Waals surface area contributed by atoms with Crippen LogP contribution in [0, 0.1) is 0 Å². The topological polar surface area (TPSA) is 0 Å². The van der Waals surface area contributed by atoms with E-state index >= 15 is 0 Å². The van der Waals surface area contributed by atoms with Crippen LogP contribution in [-0.4, -0.2) is 5.33 Å². The molecule has 0 aliphatic rings. The van der Waals surface area contributed by atoms with Crippen LogP contribution in [0.2, 0.25) is 0 Å². The van der Waals surface area contributed by atoms with Crippen LogP contribution in [0.5, 0.6) is 0 Å². The van der Waals surface area contributed by atoms with Gasteiger partial charge in [0, 0.05) is 5.33 Å². The number of alkyl halides is 1. The molecule has 0 saturated heterocycles. The molecule has 0 rings (SSSR count). The van der Waals surface area contributed by atoms with Crippen LogP contribution in [0.15, 0.2) is 36.5 Å². The van der Waals surface area contributed by atoms with E-state index in [1.165, 1.54) is 32.1 Å². The molecular formula is C13H21Br. The van der Waals surface area contributed by atoms with Gasteiger partial charge < -0.3 is 0 Å². The normalized spacial score (nSPS) is 12.4. The zero-order chi connectivity index (χ0) is 10.5. The van der Waals surface area contributed by atoms with Gasteiger partial charge in [0.1, 0.15) is 0 Å². The molecule has 0 aliphatic heterocycles. The molecule has 0 saturated carbocycles. The average Bonchev–Trinajstić information content (AvgIpc) is 2.21. The fourth-order valence-electron chi connectivity index (χ4n) is 1.12. The van der Waals surface area contributed by atoms with Gasteiger partial charge in [-0.2, -0.15) is 0 Å². The Labute approximate surface area is 96.9 Å². The van der Waals surface area contributed by atoms with Gasteiger partial charge >= 0.3 is 0 Å². The summed E-state index contributed by atoms with van der Waals surface area (Å²) >= 11 is 3.44. The third kappa shape index (κ3) is 11.7. The number of rotatable bonds is 8. The predicted octanol–water partition coefficient (Wildman–Crippen LogP) is 5.02. The van der Waals surface area contributed by atoms with E-state index < -0.39 is 0 Å². The Balaban J connectivity index is 3.18. The highest BCUT2D eigenvalue weighted by Gasteiger charge is 1.85. The van der Waals surface area contributed by atoms with Gasteiger partial charge in [-0.15, -0.1) is 0 Å². The van der Waals surface area contributed by atoms with Crippen LogP contribution in [0.3, 0.4) is 0 Å². The average molecular weight is 257 g/mol. The smallest absolute Gasteiger partial charge is 0.00313 e. The Bertz CT molecular complexity index is 178. The molecule has 0 spiro atoms. The molecule has 0 nitrogen and oxygen atoms in total. The molecule has 0 N–H and O–H groups in total. The molecule has 0 amide bonds. The molecule has 0 radical (unpaired) electrons. The Morgan fingerprint density at radius 1 is 0.857 bits per heavy atom. The van der Waals surface area contributed by atoms with Crippen LogP contribution in [0.1, 0.15) is 39.0 Å². The summed E-state index contributed by atoms with van der Waals surface area (Å²) in [6.45, 7) is 2.03. The molecule has 14 heavy (non-hydrogen) atoms. The third-order valence-electron chi connectivity index (χ3n) is 1.92. The molecule has 80 valence electrons. The van der Waals surface area contributed by atoms with E-state index in [-0.39, 0.29) is 0 Å². The van der Waals surface area contributed by atoms with Crippen LogP contribution < -0.4 is 0 Å². The van der Waals surface area contributed by atoms with E-state index in [4.69, 9.17) is 0 Å². The van der Waals surface area contributed by atoms with Gasteiger partial charge in [-0.25, -0.2) is 0 Å². The second kappa shape index (κ2) is 12.7. The van der Waals surface area contributed by atoms with Crippen molar-refractivity contribution in [1.82, 2.24) is 0 Å². The summed E-state index contributed by atoms with van der Waals surface area (Å²) in [5, 5.41) is 1.15. The van der Waals surface area contributed by atoms with E-state index in [2.05, 4.69) is 40.2 Å². The summed E-state index contributed by atoms with van der Waals surface area (Å²) in [4.78, 5) is 0. The number of allylic oxidation sites excluding steroid dienone is 6. The van der Waals surface area contributed by atoms with Gasteiger partial charge in [0.25, 0.3) is 0 Å². The lowest BCUT2D eigenvalue weighted by atomic mass is 10.1. The van der Waals surface area contributed by atoms with Gasteiger partial charge in [0.2, 0.25) is 0 Å².